The van der Waals surface area contributed by atoms with Gasteiger partial charge in [-0.1, -0.05) is 12.1 Å². The molecule has 5 heteroatoms. The van der Waals surface area contributed by atoms with E-state index in [-0.39, 0.29) is 5.69 Å². The van der Waals surface area contributed by atoms with Crippen molar-refractivity contribution in [3.63, 3.8) is 0 Å². The maximum absolute atomic E-state index is 10.5. The number of β-amino-alcohol motifs (C(OH)–C–C–N with tert-alkyl or cyclic N) is 1. The predicted molar refractivity (Wildman–Crippen MR) is 49.9 cm³/mol. The van der Waals surface area contributed by atoms with Gasteiger partial charge in [-0.15, -0.1) is 0 Å². The largest absolute Gasteiger partial charge is 0.382 e. The van der Waals surface area contributed by atoms with Gasteiger partial charge < -0.3 is 10.4 Å². The molecule has 1 heterocycles. The number of nitro benzene ring substituents is 1. The van der Waals surface area contributed by atoms with Crippen molar-refractivity contribution in [3.05, 3.63) is 39.9 Å². The van der Waals surface area contributed by atoms with Crippen LogP contribution in [0.15, 0.2) is 24.3 Å². The molecule has 0 unspecified atom stereocenters. The third-order valence-corrected chi connectivity index (χ3v) is 2.43. The minimum absolute atomic E-state index is 0.0165. The lowest BCUT2D eigenvalue weighted by Crippen LogP contribution is -2.56. The van der Waals surface area contributed by atoms with Crippen LogP contribution >= 0.6 is 0 Å². The average Bonchev–Trinajstić information content (AvgIpc) is 2.14. The molecule has 0 aromatic heterocycles. The van der Waals surface area contributed by atoms with Gasteiger partial charge in [0.05, 0.1) is 4.92 Å². The lowest BCUT2D eigenvalue weighted by atomic mass is 9.88. The fraction of sp³-hybridized carbons (Fsp3) is 0.333. The standard InChI is InChI=1S/C9H10N2O3/c12-9(5-10-6-9)7-2-1-3-8(4-7)11(13)14/h1-4,10,12H,5-6H2. The number of hydrogen-bond acceptors (Lipinski definition) is 4. The zero-order chi connectivity index (χ0) is 10.2. The number of hydrogen-bond donors (Lipinski definition) is 2. The van der Waals surface area contributed by atoms with Crippen molar-refractivity contribution in [1.29, 1.82) is 0 Å². The highest BCUT2D eigenvalue weighted by atomic mass is 16.6. The summed E-state index contributed by atoms with van der Waals surface area (Å²) in [6, 6.07) is 6.12. The van der Waals surface area contributed by atoms with E-state index in [9.17, 15) is 15.2 Å². The van der Waals surface area contributed by atoms with E-state index in [0.29, 0.717) is 18.7 Å². The van der Waals surface area contributed by atoms with Crippen LogP contribution in [0, 0.1) is 10.1 Å². The summed E-state index contributed by atoms with van der Waals surface area (Å²) in [5.41, 5.74) is -0.306. The van der Waals surface area contributed by atoms with Gasteiger partial charge in [0.2, 0.25) is 0 Å². The highest BCUT2D eigenvalue weighted by Gasteiger charge is 2.36. The molecule has 1 saturated heterocycles. The predicted octanol–water partition coefficient (Wildman–Crippen LogP) is 0.386. The van der Waals surface area contributed by atoms with Crippen LogP contribution in [0.4, 0.5) is 5.69 Å². The molecule has 0 aliphatic carbocycles. The van der Waals surface area contributed by atoms with Gasteiger partial charge in [-0.2, -0.15) is 0 Å². The number of rotatable bonds is 2. The molecular weight excluding hydrogens is 184 g/mol. The molecule has 1 aromatic carbocycles. The van der Waals surface area contributed by atoms with E-state index in [4.69, 9.17) is 0 Å². The number of benzene rings is 1. The van der Waals surface area contributed by atoms with E-state index in [2.05, 4.69) is 5.32 Å². The third kappa shape index (κ3) is 1.36. The fourth-order valence-corrected chi connectivity index (χ4v) is 1.47. The molecule has 0 spiro atoms. The Hall–Kier alpha value is -1.46. The Kier molecular flexibility index (Phi) is 1.98. The van der Waals surface area contributed by atoms with Crippen LogP contribution in [0.25, 0.3) is 0 Å². The van der Waals surface area contributed by atoms with Gasteiger partial charge in [0, 0.05) is 25.2 Å². The van der Waals surface area contributed by atoms with Crippen molar-refractivity contribution in [2.24, 2.45) is 0 Å². The van der Waals surface area contributed by atoms with E-state index in [1.165, 1.54) is 12.1 Å². The Morgan fingerprint density at radius 3 is 2.71 bits per heavy atom. The molecule has 1 aliphatic heterocycles. The second kappa shape index (κ2) is 3.04. The van der Waals surface area contributed by atoms with Crippen LogP contribution in [0.2, 0.25) is 0 Å². The van der Waals surface area contributed by atoms with Gasteiger partial charge in [-0.05, 0) is 5.56 Å². The normalized spacial score (nSPS) is 18.6. The van der Waals surface area contributed by atoms with Crippen LogP contribution in [0.5, 0.6) is 0 Å². The Bertz CT molecular complexity index is 374. The number of nitrogens with zero attached hydrogens (tertiary/aromatic N) is 1. The van der Waals surface area contributed by atoms with Gasteiger partial charge in [0.15, 0.2) is 0 Å². The maximum atomic E-state index is 10.5. The van der Waals surface area contributed by atoms with Gasteiger partial charge in [0.1, 0.15) is 5.60 Å². The SMILES string of the molecule is O=[N+]([O-])c1cccc(C2(O)CNC2)c1. The first-order chi connectivity index (χ1) is 6.62. The van der Waals surface area contributed by atoms with E-state index < -0.39 is 10.5 Å². The Morgan fingerprint density at radius 2 is 2.21 bits per heavy atom. The molecule has 2 N–H and O–H groups in total. The molecule has 0 saturated carbocycles. The highest BCUT2D eigenvalue weighted by Crippen LogP contribution is 2.27. The molecule has 0 atom stereocenters. The van der Waals surface area contributed by atoms with E-state index in [1.807, 2.05) is 0 Å². The second-order valence-corrected chi connectivity index (χ2v) is 3.44. The summed E-state index contributed by atoms with van der Waals surface area (Å²) in [6.45, 7) is 0.905. The van der Waals surface area contributed by atoms with Crippen LogP contribution in [0.3, 0.4) is 0 Å². The summed E-state index contributed by atoms with van der Waals surface area (Å²) >= 11 is 0. The van der Waals surface area contributed by atoms with Crippen LogP contribution in [-0.2, 0) is 5.60 Å². The van der Waals surface area contributed by atoms with Gasteiger partial charge >= 0.3 is 0 Å². The van der Waals surface area contributed by atoms with Crippen molar-refractivity contribution in [2.75, 3.05) is 13.1 Å². The molecule has 74 valence electrons. The number of nitrogens with one attached hydrogen (secondary N) is 1. The number of aliphatic hydroxyl groups is 1. The lowest BCUT2D eigenvalue weighted by molar-refractivity contribution is -0.385. The van der Waals surface area contributed by atoms with E-state index in [1.54, 1.807) is 12.1 Å². The highest BCUT2D eigenvalue weighted by molar-refractivity contribution is 5.38. The van der Waals surface area contributed by atoms with Gasteiger partial charge in [-0.3, -0.25) is 10.1 Å². The average molecular weight is 194 g/mol. The molecule has 0 radical (unpaired) electrons. The summed E-state index contributed by atoms with van der Waals surface area (Å²) < 4.78 is 0. The molecule has 5 nitrogen and oxygen atoms in total. The topological polar surface area (TPSA) is 75.4 Å². The first-order valence-electron chi connectivity index (χ1n) is 4.30. The van der Waals surface area contributed by atoms with Crippen LogP contribution in [0.1, 0.15) is 5.56 Å². The molecule has 0 bridgehead atoms. The summed E-state index contributed by atoms with van der Waals surface area (Å²) in [5, 5.41) is 23.3. The quantitative estimate of drug-likeness (QED) is 0.527. The summed E-state index contributed by atoms with van der Waals surface area (Å²) in [4.78, 5) is 10.0. The summed E-state index contributed by atoms with van der Waals surface area (Å²) in [6.07, 6.45) is 0. The van der Waals surface area contributed by atoms with Crippen molar-refractivity contribution >= 4 is 5.69 Å². The zero-order valence-electron chi connectivity index (χ0n) is 7.43. The maximum Gasteiger partial charge on any atom is 0.269 e. The van der Waals surface area contributed by atoms with Gasteiger partial charge in [-0.25, -0.2) is 0 Å². The summed E-state index contributed by atoms with van der Waals surface area (Å²) in [5.74, 6) is 0. The zero-order valence-corrected chi connectivity index (χ0v) is 7.43. The summed E-state index contributed by atoms with van der Waals surface area (Å²) in [7, 11) is 0. The first kappa shape index (κ1) is 9.11. The van der Waals surface area contributed by atoms with Crippen molar-refractivity contribution < 1.29 is 10.0 Å². The van der Waals surface area contributed by atoms with Crippen LogP contribution in [-0.4, -0.2) is 23.1 Å². The lowest BCUT2D eigenvalue weighted by Gasteiger charge is -2.37. The molecule has 14 heavy (non-hydrogen) atoms. The Balaban J connectivity index is 2.35. The van der Waals surface area contributed by atoms with Crippen molar-refractivity contribution in [2.45, 2.75) is 5.60 Å². The molecule has 1 aromatic rings. The minimum atomic E-state index is -0.925. The molecule has 1 fully saturated rings. The van der Waals surface area contributed by atoms with Crippen LogP contribution < -0.4 is 5.32 Å². The first-order valence-corrected chi connectivity index (χ1v) is 4.30. The van der Waals surface area contributed by atoms with Gasteiger partial charge in [0.25, 0.3) is 5.69 Å². The van der Waals surface area contributed by atoms with E-state index in [0.717, 1.165) is 0 Å². The Labute approximate surface area is 80.5 Å². The number of nitro groups is 1. The van der Waals surface area contributed by atoms with Crippen molar-refractivity contribution in [3.8, 4) is 0 Å². The van der Waals surface area contributed by atoms with Crippen molar-refractivity contribution in [1.82, 2.24) is 5.32 Å². The monoisotopic (exact) mass is 194 g/mol. The molecule has 1 aliphatic rings. The second-order valence-electron chi connectivity index (χ2n) is 3.44. The smallest absolute Gasteiger partial charge is 0.269 e. The third-order valence-electron chi connectivity index (χ3n) is 2.43. The fourth-order valence-electron chi connectivity index (χ4n) is 1.47. The number of non-ortho nitro benzene ring substituents is 1. The molecule has 2 rings (SSSR count). The molecule has 0 amide bonds. The van der Waals surface area contributed by atoms with E-state index >= 15 is 0 Å². The minimum Gasteiger partial charge on any atom is -0.382 e. The Morgan fingerprint density at radius 1 is 1.50 bits per heavy atom. The molecular formula is C9H10N2O3.